The van der Waals surface area contributed by atoms with Gasteiger partial charge in [-0.3, -0.25) is 4.79 Å². The van der Waals surface area contributed by atoms with Gasteiger partial charge in [-0.05, 0) is 45.1 Å². The number of nitrogens with two attached hydrogens (primary N) is 1. The second kappa shape index (κ2) is 9.08. The Hall–Kier alpha value is -1.17. The highest BCUT2D eigenvalue weighted by atomic mass is 35.5. The lowest BCUT2D eigenvalue weighted by Crippen LogP contribution is -2.52. The summed E-state index contributed by atoms with van der Waals surface area (Å²) in [4.78, 5) is 14.1. The van der Waals surface area contributed by atoms with E-state index in [0.717, 1.165) is 12.0 Å². The van der Waals surface area contributed by atoms with Crippen LogP contribution in [0.5, 0.6) is 0 Å². The first-order valence-corrected chi connectivity index (χ1v) is 7.27. The maximum Gasteiger partial charge on any atom is 0.239 e. The molecule has 2 atom stereocenters. The third-order valence-electron chi connectivity index (χ3n) is 3.60. The zero-order valence-corrected chi connectivity index (χ0v) is 14.5. The first-order valence-electron chi connectivity index (χ1n) is 7.27. The van der Waals surface area contributed by atoms with Gasteiger partial charge < -0.3 is 16.0 Å². The molecule has 0 aliphatic rings. The summed E-state index contributed by atoms with van der Waals surface area (Å²) in [5.41, 5.74) is 5.97. The molecule has 4 nitrogen and oxygen atoms in total. The Morgan fingerprint density at radius 2 is 2.09 bits per heavy atom. The molecule has 0 aromatic heterocycles. The zero-order chi connectivity index (χ0) is 16.0. The summed E-state index contributed by atoms with van der Waals surface area (Å²) in [5.74, 6) is -0.451. The molecular formula is C16H27ClFN3O. The number of rotatable bonds is 7. The summed E-state index contributed by atoms with van der Waals surface area (Å²) in [7, 11) is 3.80. The molecule has 0 spiro atoms. The van der Waals surface area contributed by atoms with Gasteiger partial charge in [0.05, 0.1) is 11.6 Å². The molecular weight excluding hydrogens is 305 g/mol. The minimum atomic E-state index is -0.868. The number of nitrogens with one attached hydrogen (secondary N) is 1. The normalized spacial score (nSPS) is 14.9. The summed E-state index contributed by atoms with van der Waals surface area (Å²) in [6.07, 6.45) is 1.48. The Bertz CT molecular complexity index is 480. The van der Waals surface area contributed by atoms with Gasteiger partial charge in [-0.2, -0.15) is 0 Å². The Balaban J connectivity index is 0.00000441. The summed E-state index contributed by atoms with van der Waals surface area (Å²) >= 11 is 0. The van der Waals surface area contributed by atoms with Gasteiger partial charge in [-0.25, -0.2) is 4.39 Å². The maximum atomic E-state index is 13.4. The average Bonchev–Trinajstić information content (AvgIpc) is 2.38. The molecule has 0 heterocycles. The smallest absolute Gasteiger partial charge is 0.239 e. The molecule has 0 saturated heterocycles. The van der Waals surface area contributed by atoms with Crippen LogP contribution in [0.25, 0.3) is 0 Å². The molecule has 22 heavy (non-hydrogen) atoms. The van der Waals surface area contributed by atoms with Crippen molar-refractivity contribution in [2.75, 3.05) is 20.6 Å². The molecule has 0 fully saturated rings. The van der Waals surface area contributed by atoms with Crippen LogP contribution in [0.15, 0.2) is 24.3 Å². The van der Waals surface area contributed by atoms with E-state index in [2.05, 4.69) is 5.32 Å². The van der Waals surface area contributed by atoms with Crippen LogP contribution in [0, 0.1) is 5.82 Å². The Morgan fingerprint density at radius 1 is 1.45 bits per heavy atom. The highest BCUT2D eigenvalue weighted by Gasteiger charge is 2.28. The van der Waals surface area contributed by atoms with Gasteiger partial charge in [0.15, 0.2) is 0 Å². The molecule has 6 heteroatoms. The fourth-order valence-corrected chi connectivity index (χ4v) is 2.34. The number of nitrogens with zero attached hydrogens (tertiary/aromatic N) is 1. The van der Waals surface area contributed by atoms with Gasteiger partial charge in [-0.15, -0.1) is 12.4 Å². The van der Waals surface area contributed by atoms with Crippen LogP contribution in [0.3, 0.4) is 0 Å². The standard InChI is InChI=1S/C16H26FN3O.ClH/c1-5-9-16(2,18)15(21)19-11-14(20(3)4)12-7-6-8-13(17)10-12;/h6-8,10,14H,5,9,11,18H2,1-4H3,(H,19,21);1H. The Labute approximate surface area is 138 Å². The fourth-order valence-electron chi connectivity index (χ4n) is 2.34. The Morgan fingerprint density at radius 3 is 2.59 bits per heavy atom. The third-order valence-corrected chi connectivity index (χ3v) is 3.60. The number of halogens is 2. The van der Waals surface area contributed by atoms with E-state index in [9.17, 15) is 9.18 Å². The van der Waals surface area contributed by atoms with Crippen LogP contribution < -0.4 is 11.1 Å². The maximum absolute atomic E-state index is 13.4. The SMILES string of the molecule is CCCC(C)(N)C(=O)NCC(c1cccc(F)c1)N(C)C.Cl. The summed E-state index contributed by atoms with van der Waals surface area (Å²) in [5, 5.41) is 2.88. The highest BCUT2D eigenvalue weighted by molar-refractivity contribution is 5.85. The molecule has 3 N–H and O–H groups in total. The predicted molar refractivity (Wildman–Crippen MR) is 90.6 cm³/mol. The quantitative estimate of drug-likeness (QED) is 0.807. The largest absolute Gasteiger partial charge is 0.353 e. The first kappa shape index (κ1) is 20.8. The number of benzene rings is 1. The van der Waals surface area contributed by atoms with Crippen LogP contribution in [0.1, 0.15) is 38.3 Å². The second-order valence-corrected chi connectivity index (χ2v) is 5.91. The van der Waals surface area contributed by atoms with Gasteiger partial charge in [0.1, 0.15) is 5.82 Å². The minimum absolute atomic E-state index is 0. The molecule has 0 aliphatic heterocycles. The van der Waals surface area contributed by atoms with Gasteiger partial charge in [0.25, 0.3) is 0 Å². The van der Waals surface area contributed by atoms with E-state index in [1.54, 1.807) is 13.0 Å². The predicted octanol–water partition coefficient (Wildman–Crippen LogP) is 2.48. The minimum Gasteiger partial charge on any atom is -0.353 e. The molecule has 0 bridgehead atoms. The van der Waals surface area contributed by atoms with Gasteiger partial charge in [0.2, 0.25) is 5.91 Å². The zero-order valence-electron chi connectivity index (χ0n) is 13.7. The number of carbonyl (C=O) groups is 1. The van der Waals surface area contributed by atoms with Crippen LogP contribution in [0.2, 0.25) is 0 Å². The van der Waals surface area contributed by atoms with Crippen molar-refractivity contribution in [2.24, 2.45) is 5.73 Å². The molecule has 1 aromatic rings. The number of carbonyl (C=O) groups excluding carboxylic acids is 1. The number of hydrogen-bond donors (Lipinski definition) is 2. The highest BCUT2D eigenvalue weighted by Crippen LogP contribution is 2.18. The molecule has 0 radical (unpaired) electrons. The summed E-state index contributed by atoms with van der Waals surface area (Å²) < 4.78 is 13.4. The van der Waals surface area contributed by atoms with Crippen LogP contribution in [0.4, 0.5) is 4.39 Å². The van der Waals surface area contributed by atoms with Crippen molar-refractivity contribution in [3.05, 3.63) is 35.6 Å². The van der Waals surface area contributed by atoms with Crippen LogP contribution in [-0.2, 0) is 4.79 Å². The van der Waals surface area contributed by atoms with E-state index in [-0.39, 0.29) is 30.2 Å². The molecule has 126 valence electrons. The van der Waals surface area contributed by atoms with E-state index in [1.165, 1.54) is 12.1 Å². The topological polar surface area (TPSA) is 58.4 Å². The van der Waals surface area contributed by atoms with E-state index in [4.69, 9.17) is 5.73 Å². The molecule has 1 amide bonds. The van der Waals surface area contributed by atoms with Crippen molar-refractivity contribution < 1.29 is 9.18 Å². The van der Waals surface area contributed by atoms with Gasteiger partial charge >= 0.3 is 0 Å². The van der Waals surface area contributed by atoms with Crippen LogP contribution in [-0.4, -0.2) is 37.0 Å². The number of hydrogen-bond acceptors (Lipinski definition) is 3. The lowest BCUT2D eigenvalue weighted by atomic mass is 9.96. The van der Waals surface area contributed by atoms with Crippen molar-refractivity contribution in [3.8, 4) is 0 Å². The van der Waals surface area contributed by atoms with E-state index in [1.807, 2.05) is 32.0 Å². The molecule has 1 rings (SSSR count). The monoisotopic (exact) mass is 331 g/mol. The van der Waals surface area contributed by atoms with Gasteiger partial charge in [0, 0.05) is 6.54 Å². The van der Waals surface area contributed by atoms with Crippen molar-refractivity contribution in [1.82, 2.24) is 10.2 Å². The van der Waals surface area contributed by atoms with Gasteiger partial charge in [-0.1, -0.05) is 25.5 Å². The fraction of sp³-hybridized carbons (Fsp3) is 0.562. The lowest BCUT2D eigenvalue weighted by molar-refractivity contribution is -0.126. The molecule has 0 saturated carbocycles. The number of likely N-dealkylation sites (N-methyl/N-ethyl adjacent to an activating group) is 1. The summed E-state index contributed by atoms with van der Waals surface area (Å²) in [6.45, 7) is 4.12. The van der Waals surface area contributed by atoms with Crippen molar-refractivity contribution in [1.29, 1.82) is 0 Å². The van der Waals surface area contributed by atoms with E-state index < -0.39 is 5.54 Å². The van der Waals surface area contributed by atoms with Crippen molar-refractivity contribution >= 4 is 18.3 Å². The van der Waals surface area contributed by atoms with Crippen molar-refractivity contribution in [3.63, 3.8) is 0 Å². The number of amides is 1. The van der Waals surface area contributed by atoms with E-state index in [0.29, 0.717) is 13.0 Å². The second-order valence-electron chi connectivity index (χ2n) is 5.91. The van der Waals surface area contributed by atoms with E-state index >= 15 is 0 Å². The molecule has 1 aromatic carbocycles. The first-order chi connectivity index (χ1) is 9.77. The average molecular weight is 332 g/mol. The van der Waals surface area contributed by atoms with Crippen LogP contribution >= 0.6 is 12.4 Å². The molecule has 2 unspecified atom stereocenters. The Kier molecular flexibility index (Phi) is 8.60. The van der Waals surface area contributed by atoms with Crippen molar-refractivity contribution in [2.45, 2.75) is 38.3 Å². The third kappa shape index (κ3) is 5.91. The lowest BCUT2D eigenvalue weighted by Gasteiger charge is -2.28. The molecule has 0 aliphatic carbocycles. The summed E-state index contributed by atoms with van der Waals surface area (Å²) in [6, 6.07) is 6.33.